The first kappa shape index (κ1) is 14.5. The van der Waals surface area contributed by atoms with E-state index in [0.29, 0.717) is 12.6 Å². The maximum absolute atomic E-state index is 11.9. The van der Waals surface area contributed by atoms with Crippen molar-refractivity contribution in [2.75, 3.05) is 13.1 Å². The van der Waals surface area contributed by atoms with E-state index in [-0.39, 0.29) is 5.75 Å². The van der Waals surface area contributed by atoms with Crippen LogP contribution in [0.25, 0.3) is 0 Å². The smallest absolute Gasteiger partial charge is 0.215 e. The van der Waals surface area contributed by atoms with Gasteiger partial charge in [0.1, 0.15) is 0 Å². The summed E-state index contributed by atoms with van der Waals surface area (Å²) in [5, 5.41) is 3.42. The highest BCUT2D eigenvalue weighted by Crippen LogP contribution is 2.10. The first-order chi connectivity index (χ1) is 9.16. The molecule has 2 N–H and O–H groups in total. The summed E-state index contributed by atoms with van der Waals surface area (Å²) < 4.78 is 26.5. The summed E-state index contributed by atoms with van der Waals surface area (Å²) in [6.45, 7) is 1.58. The van der Waals surface area contributed by atoms with Gasteiger partial charge in [0, 0.05) is 12.6 Å². The monoisotopic (exact) mass is 282 g/mol. The van der Waals surface area contributed by atoms with Crippen molar-refractivity contribution in [1.82, 2.24) is 10.0 Å². The Balaban J connectivity index is 1.74. The van der Waals surface area contributed by atoms with Crippen LogP contribution in [0.4, 0.5) is 0 Å². The maximum Gasteiger partial charge on any atom is 0.215 e. The molecular weight excluding hydrogens is 260 g/mol. The Kier molecular flexibility index (Phi) is 5.36. The van der Waals surface area contributed by atoms with Crippen molar-refractivity contribution in [3.05, 3.63) is 35.9 Å². The summed E-state index contributed by atoms with van der Waals surface area (Å²) in [7, 11) is -3.21. The van der Waals surface area contributed by atoms with E-state index in [0.717, 1.165) is 24.9 Å². The normalized spacial score (nSPS) is 20.3. The Labute approximate surface area is 115 Å². The molecule has 1 atom stereocenters. The van der Waals surface area contributed by atoms with E-state index in [2.05, 4.69) is 10.0 Å². The third-order valence-electron chi connectivity index (χ3n) is 3.43. The van der Waals surface area contributed by atoms with E-state index in [4.69, 9.17) is 0 Å². The summed E-state index contributed by atoms with van der Waals surface area (Å²) in [6.07, 6.45) is 4.50. The Morgan fingerprint density at radius 3 is 2.68 bits per heavy atom. The number of benzene rings is 1. The number of sulfonamides is 1. The van der Waals surface area contributed by atoms with Gasteiger partial charge in [-0.25, -0.2) is 13.1 Å². The molecule has 19 heavy (non-hydrogen) atoms. The molecule has 106 valence electrons. The summed E-state index contributed by atoms with van der Waals surface area (Å²) in [5.41, 5.74) is 0.825. The van der Waals surface area contributed by atoms with Crippen molar-refractivity contribution < 1.29 is 8.42 Å². The van der Waals surface area contributed by atoms with E-state index < -0.39 is 10.0 Å². The fraction of sp³-hybridized carbons (Fsp3) is 0.571. The van der Waals surface area contributed by atoms with Crippen molar-refractivity contribution in [2.45, 2.75) is 37.5 Å². The van der Waals surface area contributed by atoms with Gasteiger partial charge < -0.3 is 5.32 Å². The summed E-state index contributed by atoms with van der Waals surface area (Å²) in [5.74, 6) is 0.0614. The Hall–Kier alpha value is -0.910. The van der Waals surface area contributed by atoms with Crippen LogP contribution in [0.5, 0.6) is 0 Å². The van der Waals surface area contributed by atoms with E-state index in [1.165, 1.54) is 12.8 Å². The average Bonchev–Trinajstić information content (AvgIpc) is 2.40. The van der Waals surface area contributed by atoms with Gasteiger partial charge in [0.15, 0.2) is 0 Å². The molecule has 1 heterocycles. The van der Waals surface area contributed by atoms with Crippen LogP contribution in [-0.2, 0) is 15.8 Å². The lowest BCUT2D eigenvalue weighted by Gasteiger charge is -2.23. The van der Waals surface area contributed by atoms with Crippen LogP contribution in [0.1, 0.15) is 31.2 Å². The fourth-order valence-corrected chi connectivity index (χ4v) is 3.57. The van der Waals surface area contributed by atoms with Crippen molar-refractivity contribution in [2.24, 2.45) is 0 Å². The highest BCUT2D eigenvalue weighted by atomic mass is 32.2. The van der Waals surface area contributed by atoms with Gasteiger partial charge in [0.2, 0.25) is 10.0 Å². The van der Waals surface area contributed by atoms with Crippen LogP contribution >= 0.6 is 0 Å². The van der Waals surface area contributed by atoms with Crippen LogP contribution in [0, 0.1) is 0 Å². The largest absolute Gasteiger partial charge is 0.314 e. The lowest BCUT2D eigenvalue weighted by atomic mass is 10.0. The minimum atomic E-state index is -3.21. The van der Waals surface area contributed by atoms with Crippen LogP contribution in [-0.4, -0.2) is 27.5 Å². The lowest BCUT2D eigenvalue weighted by Crippen LogP contribution is -2.37. The number of hydrogen-bond acceptors (Lipinski definition) is 3. The molecule has 1 aromatic carbocycles. The molecule has 1 aromatic rings. The molecule has 0 aliphatic carbocycles. The van der Waals surface area contributed by atoms with Crippen LogP contribution in [0.2, 0.25) is 0 Å². The zero-order chi connectivity index (χ0) is 13.6. The second kappa shape index (κ2) is 7.03. The van der Waals surface area contributed by atoms with E-state index >= 15 is 0 Å². The highest BCUT2D eigenvalue weighted by Gasteiger charge is 2.15. The second-order valence-corrected chi connectivity index (χ2v) is 6.88. The molecule has 2 rings (SSSR count). The topological polar surface area (TPSA) is 58.2 Å². The molecule has 0 amide bonds. The first-order valence-corrected chi connectivity index (χ1v) is 8.55. The molecule has 1 aliphatic heterocycles. The van der Waals surface area contributed by atoms with Gasteiger partial charge in [-0.1, -0.05) is 36.8 Å². The van der Waals surface area contributed by atoms with Gasteiger partial charge in [-0.15, -0.1) is 0 Å². The van der Waals surface area contributed by atoms with Crippen molar-refractivity contribution in [1.29, 1.82) is 0 Å². The van der Waals surface area contributed by atoms with Crippen molar-refractivity contribution in [3.63, 3.8) is 0 Å². The lowest BCUT2D eigenvalue weighted by molar-refractivity contribution is 0.382. The Morgan fingerprint density at radius 1 is 1.21 bits per heavy atom. The van der Waals surface area contributed by atoms with Crippen LogP contribution in [0.15, 0.2) is 30.3 Å². The van der Waals surface area contributed by atoms with Gasteiger partial charge >= 0.3 is 0 Å². The van der Waals surface area contributed by atoms with Crippen LogP contribution in [0.3, 0.4) is 0 Å². The molecule has 1 aliphatic rings. The number of nitrogens with one attached hydrogen (secondary N) is 2. The minimum Gasteiger partial charge on any atom is -0.314 e. The average molecular weight is 282 g/mol. The molecule has 0 bridgehead atoms. The summed E-state index contributed by atoms with van der Waals surface area (Å²) in [4.78, 5) is 0. The molecule has 0 saturated carbocycles. The van der Waals surface area contributed by atoms with Crippen molar-refractivity contribution in [3.8, 4) is 0 Å². The molecule has 0 spiro atoms. The van der Waals surface area contributed by atoms with E-state index in [1.54, 1.807) is 0 Å². The Morgan fingerprint density at radius 2 is 2.00 bits per heavy atom. The molecule has 1 saturated heterocycles. The number of hydrogen-bond donors (Lipinski definition) is 2. The quantitative estimate of drug-likeness (QED) is 0.834. The van der Waals surface area contributed by atoms with Crippen LogP contribution < -0.4 is 10.0 Å². The third kappa shape index (κ3) is 5.30. The molecule has 5 heteroatoms. The third-order valence-corrected chi connectivity index (χ3v) is 4.78. The molecule has 1 fully saturated rings. The minimum absolute atomic E-state index is 0.0614. The molecule has 4 nitrogen and oxygen atoms in total. The van der Waals surface area contributed by atoms with E-state index in [9.17, 15) is 8.42 Å². The molecule has 0 aromatic heterocycles. The van der Waals surface area contributed by atoms with Gasteiger partial charge in [-0.3, -0.25) is 0 Å². The van der Waals surface area contributed by atoms with Gasteiger partial charge in [0.05, 0.1) is 5.75 Å². The predicted octanol–water partition coefficient (Wildman–Crippen LogP) is 1.64. The van der Waals surface area contributed by atoms with Gasteiger partial charge in [-0.2, -0.15) is 0 Å². The predicted molar refractivity (Wildman–Crippen MR) is 77.3 cm³/mol. The number of piperidine rings is 1. The van der Waals surface area contributed by atoms with Gasteiger partial charge in [0.25, 0.3) is 0 Å². The zero-order valence-electron chi connectivity index (χ0n) is 11.1. The van der Waals surface area contributed by atoms with Crippen molar-refractivity contribution >= 4 is 10.0 Å². The molecular formula is C14H22N2O2S. The second-order valence-electron chi connectivity index (χ2n) is 5.07. The summed E-state index contributed by atoms with van der Waals surface area (Å²) in [6, 6.07) is 9.74. The van der Waals surface area contributed by atoms with Gasteiger partial charge in [-0.05, 0) is 31.4 Å². The summed E-state index contributed by atoms with van der Waals surface area (Å²) >= 11 is 0. The SMILES string of the molecule is O=S(=O)(Cc1ccccc1)NCCC1CCCCN1. The van der Waals surface area contributed by atoms with E-state index in [1.807, 2.05) is 30.3 Å². The standard InChI is InChI=1S/C14H22N2O2S/c17-19(18,12-13-6-2-1-3-7-13)16-11-9-14-8-4-5-10-15-14/h1-3,6-7,14-16H,4-5,8-12H2. The highest BCUT2D eigenvalue weighted by molar-refractivity contribution is 7.88. The first-order valence-electron chi connectivity index (χ1n) is 6.90. The Bertz CT molecular complexity index is 467. The fourth-order valence-electron chi connectivity index (χ4n) is 2.40. The molecule has 1 unspecified atom stereocenters. The molecule has 0 radical (unpaired) electrons. The maximum atomic E-state index is 11.9. The zero-order valence-corrected chi connectivity index (χ0v) is 12.0. The number of rotatable bonds is 6.